The fourth-order valence-corrected chi connectivity index (χ4v) is 2.77. The van der Waals surface area contributed by atoms with E-state index in [0.29, 0.717) is 25.3 Å². The first kappa shape index (κ1) is 16.0. The first-order chi connectivity index (χ1) is 11.6. The Balaban J connectivity index is 1.63. The van der Waals surface area contributed by atoms with Crippen molar-refractivity contribution in [2.45, 2.75) is 25.9 Å². The van der Waals surface area contributed by atoms with Gasteiger partial charge in [0.15, 0.2) is 5.69 Å². The SMILES string of the molecule is O=C(O)c1cccc(NCc2cccc(CN3CCCC3=O)c2)n1. The Morgan fingerprint density at radius 2 is 2.00 bits per heavy atom. The van der Waals surface area contributed by atoms with Gasteiger partial charge in [-0.25, -0.2) is 9.78 Å². The number of likely N-dealkylation sites (tertiary alicyclic amines) is 1. The van der Waals surface area contributed by atoms with Crippen molar-refractivity contribution in [1.82, 2.24) is 9.88 Å². The average Bonchev–Trinajstić information content (AvgIpc) is 2.98. The molecule has 24 heavy (non-hydrogen) atoms. The molecule has 0 unspecified atom stereocenters. The van der Waals surface area contributed by atoms with Crippen LogP contribution in [0.15, 0.2) is 42.5 Å². The summed E-state index contributed by atoms with van der Waals surface area (Å²) in [7, 11) is 0. The number of anilines is 1. The smallest absolute Gasteiger partial charge is 0.354 e. The highest BCUT2D eigenvalue weighted by Gasteiger charge is 2.19. The molecule has 0 aliphatic carbocycles. The predicted molar refractivity (Wildman–Crippen MR) is 89.6 cm³/mol. The molecule has 0 radical (unpaired) electrons. The number of hydrogen-bond acceptors (Lipinski definition) is 4. The lowest BCUT2D eigenvalue weighted by atomic mass is 10.1. The largest absolute Gasteiger partial charge is 0.477 e. The average molecular weight is 325 g/mol. The van der Waals surface area contributed by atoms with Gasteiger partial charge < -0.3 is 15.3 Å². The molecule has 1 amide bonds. The van der Waals surface area contributed by atoms with Gasteiger partial charge in [-0.1, -0.05) is 30.3 Å². The van der Waals surface area contributed by atoms with Gasteiger partial charge in [0.1, 0.15) is 5.82 Å². The van der Waals surface area contributed by atoms with Gasteiger partial charge in [-0.15, -0.1) is 0 Å². The molecule has 1 saturated heterocycles. The summed E-state index contributed by atoms with van der Waals surface area (Å²) in [6, 6.07) is 12.9. The van der Waals surface area contributed by atoms with E-state index in [1.54, 1.807) is 12.1 Å². The molecule has 6 nitrogen and oxygen atoms in total. The molecule has 1 aliphatic rings. The molecule has 0 bridgehead atoms. The summed E-state index contributed by atoms with van der Waals surface area (Å²) in [5.41, 5.74) is 2.17. The van der Waals surface area contributed by atoms with Crippen LogP contribution >= 0.6 is 0 Å². The van der Waals surface area contributed by atoms with Crippen LogP contribution in [0.1, 0.15) is 34.5 Å². The zero-order valence-electron chi connectivity index (χ0n) is 13.2. The van der Waals surface area contributed by atoms with E-state index in [9.17, 15) is 9.59 Å². The number of nitrogens with one attached hydrogen (secondary N) is 1. The van der Waals surface area contributed by atoms with Crippen molar-refractivity contribution < 1.29 is 14.7 Å². The second-order valence-corrected chi connectivity index (χ2v) is 5.81. The molecule has 1 fully saturated rings. The van der Waals surface area contributed by atoms with E-state index in [2.05, 4.69) is 16.4 Å². The third-order valence-electron chi connectivity index (χ3n) is 3.98. The van der Waals surface area contributed by atoms with Crippen LogP contribution in [0, 0.1) is 0 Å². The number of aromatic carboxylic acids is 1. The summed E-state index contributed by atoms with van der Waals surface area (Å²) in [5, 5.41) is 12.1. The molecule has 0 saturated carbocycles. The predicted octanol–water partition coefficient (Wildman–Crippen LogP) is 2.51. The van der Waals surface area contributed by atoms with Crippen molar-refractivity contribution in [3.05, 3.63) is 59.3 Å². The summed E-state index contributed by atoms with van der Waals surface area (Å²) in [6.07, 6.45) is 1.58. The molecular weight excluding hydrogens is 306 g/mol. The summed E-state index contributed by atoms with van der Waals surface area (Å²) < 4.78 is 0. The molecule has 2 heterocycles. The maximum absolute atomic E-state index is 11.7. The second-order valence-electron chi connectivity index (χ2n) is 5.81. The summed E-state index contributed by atoms with van der Waals surface area (Å²) >= 11 is 0. The van der Waals surface area contributed by atoms with Gasteiger partial charge in [0.2, 0.25) is 5.91 Å². The molecule has 2 N–H and O–H groups in total. The number of carboxylic acid groups (broad SMARTS) is 1. The normalized spacial score (nSPS) is 14.0. The Labute approximate surface area is 140 Å². The number of pyridine rings is 1. The molecule has 0 atom stereocenters. The van der Waals surface area contributed by atoms with E-state index in [1.165, 1.54) is 6.07 Å². The highest BCUT2D eigenvalue weighted by molar-refractivity contribution is 5.85. The van der Waals surface area contributed by atoms with Crippen molar-refractivity contribution in [3.63, 3.8) is 0 Å². The first-order valence-corrected chi connectivity index (χ1v) is 7.91. The Morgan fingerprint density at radius 1 is 1.21 bits per heavy atom. The number of aromatic nitrogens is 1. The van der Waals surface area contributed by atoms with Crippen molar-refractivity contribution in [2.75, 3.05) is 11.9 Å². The Kier molecular flexibility index (Phi) is 4.74. The topological polar surface area (TPSA) is 82.5 Å². The molecule has 3 rings (SSSR count). The van der Waals surface area contributed by atoms with Gasteiger partial charge in [-0.05, 0) is 29.7 Å². The number of hydrogen-bond donors (Lipinski definition) is 2. The zero-order chi connectivity index (χ0) is 16.9. The standard InChI is InChI=1S/C18H19N3O3/c22-17-8-3-9-21(17)12-14-5-1-4-13(10-14)11-19-16-7-2-6-15(20-16)18(23)24/h1-2,4-7,10H,3,8-9,11-12H2,(H,19,20)(H,23,24). The molecule has 1 aromatic carbocycles. The van der Waals surface area contributed by atoms with Crippen molar-refractivity contribution >= 4 is 17.7 Å². The van der Waals surface area contributed by atoms with Crippen LogP contribution < -0.4 is 5.32 Å². The molecule has 6 heteroatoms. The van der Waals surface area contributed by atoms with E-state index in [-0.39, 0.29) is 11.6 Å². The van der Waals surface area contributed by atoms with E-state index < -0.39 is 5.97 Å². The molecule has 124 valence electrons. The van der Waals surface area contributed by atoms with Gasteiger partial charge >= 0.3 is 5.97 Å². The van der Waals surface area contributed by atoms with Gasteiger partial charge in [0.05, 0.1) is 0 Å². The molecule has 1 aliphatic heterocycles. The molecule has 2 aromatic rings. The highest BCUT2D eigenvalue weighted by Crippen LogP contribution is 2.16. The Hall–Kier alpha value is -2.89. The number of carbonyl (C=O) groups is 2. The van der Waals surface area contributed by atoms with Crippen LogP contribution in [0.5, 0.6) is 0 Å². The van der Waals surface area contributed by atoms with E-state index in [0.717, 1.165) is 24.1 Å². The summed E-state index contributed by atoms with van der Waals surface area (Å²) in [5.74, 6) is -0.306. The minimum atomic E-state index is -1.05. The van der Waals surface area contributed by atoms with Crippen molar-refractivity contribution in [3.8, 4) is 0 Å². The van der Waals surface area contributed by atoms with E-state index in [4.69, 9.17) is 5.11 Å². The highest BCUT2D eigenvalue weighted by atomic mass is 16.4. The van der Waals surface area contributed by atoms with Crippen molar-refractivity contribution in [2.24, 2.45) is 0 Å². The van der Waals surface area contributed by atoms with Crippen molar-refractivity contribution in [1.29, 1.82) is 0 Å². The lowest BCUT2D eigenvalue weighted by Gasteiger charge is -2.16. The molecule has 1 aromatic heterocycles. The lowest BCUT2D eigenvalue weighted by molar-refractivity contribution is -0.128. The van der Waals surface area contributed by atoms with Crippen LogP contribution in [0.3, 0.4) is 0 Å². The number of carboxylic acids is 1. The van der Waals surface area contributed by atoms with Crippen LogP contribution in [-0.2, 0) is 17.9 Å². The molecular formula is C18H19N3O3. The number of amides is 1. The minimum absolute atomic E-state index is 0.0151. The number of nitrogens with zero attached hydrogens (tertiary/aromatic N) is 2. The Bertz CT molecular complexity index is 761. The van der Waals surface area contributed by atoms with Gasteiger partial charge in [0, 0.05) is 26.1 Å². The summed E-state index contributed by atoms with van der Waals surface area (Å²) in [4.78, 5) is 28.6. The fourth-order valence-electron chi connectivity index (χ4n) is 2.77. The number of benzene rings is 1. The molecule has 0 spiro atoms. The monoisotopic (exact) mass is 325 g/mol. The van der Waals surface area contributed by atoms with Crippen LogP contribution in [0.2, 0.25) is 0 Å². The summed E-state index contributed by atoms with van der Waals surface area (Å²) in [6.45, 7) is 2.00. The van der Waals surface area contributed by atoms with Gasteiger partial charge in [0.25, 0.3) is 0 Å². The van der Waals surface area contributed by atoms with E-state index in [1.807, 2.05) is 23.1 Å². The number of rotatable bonds is 6. The van der Waals surface area contributed by atoms with Crippen LogP contribution in [0.4, 0.5) is 5.82 Å². The zero-order valence-corrected chi connectivity index (χ0v) is 13.2. The van der Waals surface area contributed by atoms with Crippen LogP contribution in [-0.4, -0.2) is 33.4 Å². The fraction of sp³-hybridized carbons (Fsp3) is 0.278. The second kappa shape index (κ2) is 7.12. The van der Waals surface area contributed by atoms with E-state index >= 15 is 0 Å². The third kappa shape index (κ3) is 3.90. The van der Waals surface area contributed by atoms with Gasteiger partial charge in [-0.2, -0.15) is 0 Å². The van der Waals surface area contributed by atoms with Gasteiger partial charge in [-0.3, -0.25) is 4.79 Å². The van der Waals surface area contributed by atoms with Crippen LogP contribution in [0.25, 0.3) is 0 Å². The maximum atomic E-state index is 11.7. The lowest BCUT2D eigenvalue weighted by Crippen LogP contribution is -2.23. The minimum Gasteiger partial charge on any atom is -0.477 e. The first-order valence-electron chi connectivity index (χ1n) is 7.91. The Morgan fingerprint density at radius 3 is 2.75 bits per heavy atom. The number of carbonyl (C=O) groups excluding carboxylic acids is 1. The quantitative estimate of drug-likeness (QED) is 0.853. The maximum Gasteiger partial charge on any atom is 0.354 e. The third-order valence-corrected chi connectivity index (χ3v) is 3.98.